The molecule has 1 heterocycles. The summed E-state index contributed by atoms with van der Waals surface area (Å²) in [5, 5.41) is 0. The molecule has 15 radical (unpaired) electrons. The zero-order chi connectivity index (χ0) is 14.1. The number of hydrogen-bond acceptors (Lipinski definition) is 1. The molecule has 2 heteroatoms. The monoisotopic (exact) mass is 441 g/mol. The van der Waals surface area contributed by atoms with Crippen LogP contribution in [0.2, 0.25) is 0 Å². The molecule has 0 spiro atoms. The van der Waals surface area contributed by atoms with E-state index in [1.54, 1.807) is 0 Å². The fourth-order valence-corrected chi connectivity index (χ4v) is 1.47. The van der Waals surface area contributed by atoms with E-state index in [2.05, 4.69) is 0 Å². The molecule has 3 aliphatic carbocycles. The average Bonchev–Trinajstić information content (AvgIpc) is 3.40. The zero-order valence-corrected chi connectivity index (χ0v) is 13.9. The summed E-state index contributed by atoms with van der Waals surface area (Å²) in [5.74, 6) is 0. The van der Waals surface area contributed by atoms with Crippen molar-refractivity contribution in [1.82, 2.24) is 0 Å². The van der Waals surface area contributed by atoms with Crippen LogP contribution in [0.3, 0.4) is 0 Å². The van der Waals surface area contributed by atoms with E-state index in [0.29, 0.717) is 0 Å². The predicted octanol–water partition coefficient (Wildman–Crippen LogP) is 3.86. The summed E-state index contributed by atoms with van der Waals surface area (Å²) in [7, 11) is 0. The Morgan fingerprint density at radius 1 is 0.381 bits per heavy atom. The van der Waals surface area contributed by atoms with Crippen LogP contribution in [0.15, 0.2) is 0 Å². The molecule has 0 aromatic rings. The molecule has 0 aromatic carbocycles. The van der Waals surface area contributed by atoms with Crippen LogP contribution in [0.25, 0.3) is 0 Å². The normalized spacial score (nSPS) is 22.9. The SMILES string of the molecule is C1CCOC1.[CH]1[CH][CH][CH][CH]1.[CH]1[CH][CH][CH][CH]1.[CH]1[CH][CH][CH][CH]1.[Yb]. The molecule has 0 amide bonds. The van der Waals surface area contributed by atoms with Gasteiger partial charge in [0.25, 0.3) is 0 Å². The van der Waals surface area contributed by atoms with E-state index in [9.17, 15) is 0 Å². The smallest absolute Gasteiger partial charge is 0.0466 e. The van der Waals surface area contributed by atoms with Crippen molar-refractivity contribution in [1.29, 1.82) is 0 Å². The third-order valence-corrected chi connectivity index (χ3v) is 2.49. The summed E-state index contributed by atoms with van der Waals surface area (Å²) in [6, 6.07) is 0. The van der Waals surface area contributed by atoms with Gasteiger partial charge in [0.2, 0.25) is 0 Å². The summed E-state index contributed by atoms with van der Waals surface area (Å²) in [5.41, 5.74) is 0. The van der Waals surface area contributed by atoms with Crippen molar-refractivity contribution in [2.75, 3.05) is 13.2 Å². The van der Waals surface area contributed by atoms with E-state index in [4.69, 9.17) is 4.74 Å². The Kier molecular flexibility index (Phi) is 20.9. The van der Waals surface area contributed by atoms with E-state index >= 15 is 0 Å². The van der Waals surface area contributed by atoms with Gasteiger partial charge in [0.05, 0.1) is 0 Å². The Morgan fingerprint density at radius 2 is 0.571 bits per heavy atom. The van der Waals surface area contributed by atoms with E-state index in [0.717, 1.165) is 13.2 Å². The maximum atomic E-state index is 4.94. The van der Waals surface area contributed by atoms with Gasteiger partial charge in [0.15, 0.2) is 0 Å². The average molecular weight is 440 g/mol. The standard InChI is InChI=1S/3C5H5.C4H8O.Yb/c4*1-2-4-5-3-1;/h3*1-5H;1-4H2;. The van der Waals surface area contributed by atoms with Gasteiger partial charge in [-0.3, -0.25) is 0 Å². The van der Waals surface area contributed by atoms with Crippen molar-refractivity contribution in [3.8, 4) is 0 Å². The molecule has 0 atom stereocenters. The molecule has 0 aromatic heterocycles. The van der Waals surface area contributed by atoms with Crippen molar-refractivity contribution in [3.63, 3.8) is 0 Å². The van der Waals surface area contributed by atoms with Gasteiger partial charge >= 0.3 is 0 Å². The molecule has 0 unspecified atom stereocenters. The van der Waals surface area contributed by atoms with Crippen molar-refractivity contribution in [2.45, 2.75) is 12.8 Å². The van der Waals surface area contributed by atoms with Crippen LogP contribution in [0.5, 0.6) is 0 Å². The minimum absolute atomic E-state index is 0. The first-order valence-corrected chi connectivity index (χ1v) is 7.08. The Hall–Kier alpha value is 1.48. The van der Waals surface area contributed by atoms with E-state index in [-0.39, 0.29) is 46.9 Å². The van der Waals surface area contributed by atoms with Crippen LogP contribution in [0.4, 0.5) is 0 Å². The molecule has 21 heavy (non-hydrogen) atoms. The molecule has 1 aliphatic heterocycles. The fourth-order valence-electron chi connectivity index (χ4n) is 1.47. The third-order valence-electron chi connectivity index (χ3n) is 2.49. The van der Waals surface area contributed by atoms with Crippen LogP contribution in [0.1, 0.15) is 12.8 Å². The summed E-state index contributed by atoms with van der Waals surface area (Å²) in [6.07, 6.45) is 32.6. The van der Waals surface area contributed by atoms with Crippen molar-refractivity contribution in [3.05, 3.63) is 96.3 Å². The number of hydrogen-bond donors (Lipinski definition) is 0. The third kappa shape index (κ3) is 17.7. The summed E-state index contributed by atoms with van der Waals surface area (Å²) < 4.78 is 4.94. The van der Waals surface area contributed by atoms with Gasteiger partial charge in [-0.2, -0.15) is 0 Å². The van der Waals surface area contributed by atoms with Gasteiger partial charge in [0, 0.05) is 60.1 Å². The second-order valence-corrected chi connectivity index (χ2v) is 4.21. The minimum atomic E-state index is 0. The van der Waals surface area contributed by atoms with Crippen LogP contribution < -0.4 is 0 Å². The van der Waals surface area contributed by atoms with Gasteiger partial charge < -0.3 is 4.74 Å². The number of rotatable bonds is 0. The summed E-state index contributed by atoms with van der Waals surface area (Å²) in [4.78, 5) is 0. The number of ether oxygens (including phenoxy) is 1. The van der Waals surface area contributed by atoms with Crippen molar-refractivity contribution < 1.29 is 51.7 Å². The first-order valence-electron chi connectivity index (χ1n) is 7.08. The van der Waals surface area contributed by atoms with E-state index in [1.807, 2.05) is 96.3 Å². The summed E-state index contributed by atoms with van der Waals surface area (Å²) in [6.45, 7) is 2.00. The van der Waals surface area contributed by atoms with Crippen LogP contribution in [-0.2, 0) is 4.74 Å². The Labute approximate surface area is 172 Å². The molecule has 4 rings (SSSR count). The van der Waals surface area contributed by atoms with E-state index < -0.39 is 0 Å². The first-order chi connectivity index (χ1) is 10.0. The fraction of sp³-hybridized carbons (Fsp3) is 0.211. The van der Waals surface area contributed by atoms with Crippen molar-refractivity contribution >= 4 is 0 Å². The second kappa shape index (κ2) is 19.5. The van der Waals surface area contributed by atoms with Crippen LogP contribution >= 0.6 is 0 Å². The molecule has 4 fully saturated rings. The quantitative estimate of drug-likeness (QED) is 0.556. The van der Waals surface area contributed by atoms with Gasteiger partial charge in [0.1, 0.15) is 0 Å². The Morgan fingerprint density at radius 3 is 0.667 bits per heavy atom. The zero-order valence-electron chi connectivity index (χ0n) is 12.2. The Bertz CT molecular complexity index is 98.0. The largest absolute Gasteiger partial charge is 0.381 e. The van der Waals surface area contributed by atoms with Gasteiger partial charge in [-0.1, -0.05) is 0 Å². The summed E-state index contributed by atoms with van der Waals surface area (Å²) >= 11 is 0. The maximum absolute atomic E-state index is 4.94. The molecule has 3 saturated carbocycles. The van der Waals surface area contributed by atoms with Gasteiger partial charge in [-0.05, 0) is 109 Å². The van der Waals surface area contributed by atoms with Crippen LogP contribution in [-0.4, -0.2) is 13.2 Å². The molecular weight excluding hydrogens is 417 g/mol. The molecule has 4 aliphatic rings. The second-order valence-electron chi connectivity index (χ2n) is 4.21. The molecule has 119 valence electrons. The first kappa shape index (κ1) is 22.5. The van der Waals surface area contributed by atoms with Crippen LogP contribution in [0, 0.1) is 143 Å². The predicted molar refractivity (Wildman–Crippen MR) is 84.6 cm³/mol. The Balaban J connectivity index is 0.000000250. The molecule has 0 bridgehead atoms. The van der Waals surface area contributed by atoms with Gasteiger partial charge in [-0.25, -0.2) is 0 Å². The van der Waals surface area contributed by atoms with E-state index in [1.165, 1.54) is 12.8 Å². The van der Waals surface area contributed by atoms with Crippen molar-refractivity contribution in [2.24, 2.45) is 0 Å². The molecule has 1 nitrogen and oxygen atoms in total. The minimum Gasteiger partial charge on any atom is -0.381 e. The molecule has 0 N–H and O–H groups in total. The topological polar surface area (TPSA) is 9.23 Å². The molecule has 1 saturated heterocycles. The maximum Gasteiger partial charge on any atom is 0.0466 e. The van der Waals surface area contributed by atoms with Gasteiger partial charge in [-0.15, -0.1) is 0 Å². The molecular formula is C19H23OYb.